The molecule has 1 saturated heterocycles. The van der Waals surface area contributed by atoms with Crippen LogP contribution in [0.4, 0.5) is 14.4 Å². The fourth-order valence-electron chi connectivity index (χ4n) is 7.57. The fraction of sp³-hybridized carbons (Fsp3) is 0.679. The predicted octanol–water partition coefficient (Wildman–Crippen LogP) is -1.37. The third-order valence-corrected chi connectivity index (χ3v) is 11.4. The van der Waals surface area contributed by atoms with Gasteiger partial charge in [0.15, 0.2) is 0 Å². The smallest absolute Gasteiger partial charge is 0.407 e. The summed E-state index contributed by atoms with van der Waals surface area (Å²) in [7, 11) is 0. The zero-order valence-electron chi connectivity index (χ0n) is 48.6. The molecule has 28 nitrogen and oxygen atoms in total. The van der Waals surface area contributed by atoms with Crippen molar-refractivity contribution in [3.63, 3.8) is 0 Å². The molecule has 1 heterocycles. The van der Waals surface area contributed by atoms with Crippen LogP contribution >= 0.6 is 0 Å². The first-order valence-corrected chi connectivity index (χ1v) is 27.0. The molecule has 2 rings (SSSR count). The molecular weight excluding hydrogens is 1060 g/mol. The van der Waals surface area contributed by atoms with Crippen LogP contribution < -0.4 is 64.2 Å². The summed E-state index contributed by atoms with van der Waals surface area (Å²) in [5.41, 5.74) is 3.58. The van der Waals surface area contributed by atoms with E-state index in [2.05, 4.69) is 58.5 Å². The molecule has 81 heavy (non-hydrogen) atoms. The maximum atomic E-state index is 14.6. The molecule has 9 atom stereocenters. The molecule has 1 aromatic rings. The quantitative estimate of drug-likeness (QED) is 0.0801. The summed E-state index contributed by atoms with van der Waals surface area (Å²) < 4.78 is 16.0. The van der Waals surface area contributed by atoms with E-state index in [1.807, 2.05) is 0 Å². The zero-order chi connectivity index (χ0) is 61.4. The SMILES string of the molecule is CC(C)C[C@@H]1NC(=O)[C@@H](Cc2ccccc2)NC(=O)[C@H](CCNC(=O)OC(C)(C)C)NC(=O)[C@@H](NC(=O)[C@H](N)CO)CCNC(=O)[C@H]([C@@H](C)O)NC(=O)[C@H](CCNC(=O)OC(C)(C)C)NC(=O)[C@H](CCNC(=O)OC(C)(C)C)NC1=O. The third kappa shape index (κ3) is 28.1. The van der Waals surface area contributed by atoms with E-state index in [-0.39, 0.29) is 57.7 Å². The summed E-state index contributed by atoms with van der Waals surface area (Å²) in [5.74, 6) is -8.22. The predicted molar refractivity (Wildman–Crippen MR) is 294 cm³/mol. The van der Waals surface area contributed by atoms with E-state index < -0.39 is 156 Å². The van der Waals surface area contributed by atoms with Gasteiger partial charge in [0, 0.05) is 32.6 Å². The standard InChI is InChI=1S/C53H88N12O16/c1-29(2)26-37-45(73)62-34(19-23-56-48(76)79-51(4,5)6)42(70)61-36(21-25-58-50(78)81-53(10,11)12)44(72)65-39(30(3)67)47(75)55-22-18-33(59-40(68)32(54)28-66)41(69)60-35(20-24-57-49(77)80-52(7,8)9)43(71)64-38(46(74)63-37)27-31-16-14-13-15-17-31/h13-17,29-30,32-39,66-67H,18-28,54H2,1-12H3,(H,55,75)(H,56,76)(H,57,77)(H,58,78)(H,59,68)(H,60,69)(H,61,70)(H,62,73)(H,63,74)(H,64,71)(H,65,72)/t30-,32-,33+,34+,35+,36+,37+,38-,39+/m1/s1. The molecule has 1 aliphatic heterocycles. The van der Waals surface area contributed by atoms with Gasteiger partial charge in [-0.3, -0.25) is 38.4 Å². The molecule has 15 N–H and O–H groups in total. The van der Waals surface area contributed by atoms with Gasteiger partial charge in [-0.25, -0.2) is 14.4 Å². The van der Waals surface area contributed by atoms with E-state index in [1.54, 1.807) is 106 Å². The van der Waals surface area contributed by atoms with Gasteiger partial charge in [-0.15, -0.1) is 0 Å². The summed E-state index contributed by atoms with van der Waals surface area (Å²) in [6, 6.07) is -4.17. The van der Waals surface area contributed by atoms with E-state index >= 15 is 0 Å². The molecule has 0 radical (unpaired) electrons. The van der Waals surface area contributed by atoms with E-state index in [9.17, 15) is 63.0 Å². The summed E-state index contributed by atoms with van der Waals surface area (Å²) in [5, 5.41) is 48.4. The number of aliphatic hydroxyl groups is 2. The Kier molecular flexibility index (Phi) is 28.3. The number of nitrogens with two attached hydrogens (primary N) is 1. The highest BCUT2D eigenvalue weighted by Crippen LogP contribution is 2.13. The highest BCUT2D eigenvalue weighted by molar-refractivity contribution is 5.98. The summed E-state index contributed by atoms with van der Waals surface area (Å²) >= 11 is 0. The number of alkyl carbamates (subject to hydrolysis) is 3. The van der Waals surface area contributed by atoms with Gasteiger partial charge in [-0.2, -0.15) is 0 Å². The summed E-state index contributed by atoms with van der Waals surface area (Å²) in [6.45, 7) is 17.1. The Bertz CT molecular complexity index is 2300. The molecule has 0 bridgehead atoms. The minimum atomic E-state index is -1.76. The maximum absolute atomic E-state index is 14.6. The maximum Gasteiger partial charge on any atom is 0.407 e. The molecule has 1 aliphatic rings. The lowest BCUT2D eigenvalue weighted by Crippen LogP contribution is -2.61. The number of nitrogens with one attached hydrogen (secondary N) is 11. The van der Waals surface area contributed by atoms with Crippen molar-refractivity contribution in [2.24, 2.45) is 11.7 Å². The Balaban J connectivity index is 2.89. The Morgan fingerprint density at radius 1 is 0.580 bits per heavy atom. The lowest BCUT2D eigenvalue weighted by Gasteiger charge is -2.29. The average Bonchev–Trinajstić information content (AvgIpc) is 3.36. The van der Waals surface area contributed by atoms with Gasteiger partial charge in [-0.05, 0) is 113 Å². The van der Waals surface area contributed by atoms with Crippen LogP contribution in [0.2, 0.25) is 0 Å². The molecule has 28 heteroatoms. The Morgan fingerprint density at radius 2 is 0.963 bits per heavy atom. The number of rotatable bonds is 17. The molecule has 1 fully saturated rings. The van der Waals surface area contributed by atoms with E-state index in [0.29, 0.717) is 5.56 Å². The second-order valence-electron chi connectivity index (χ2n) is 22.9. The first-order chi connectivity index (χ1) is 37.6. The van der Waals surface area contributed by atoms with Gasteiger partial charge >= 0.3 is 18.3 Å². The Hall–Kier alpha value is -7.33. The van der Waals surface area contributed by atoms with Gasteiger partial charge < -0.3 is 88.6 Å². The molecular formula is C53H88N12O16. The number of ether oxygens (including phenoxy) is 3. The van der Waals surface area contributed by atoms with Crippen molar-refractivity contribution in [2.75, 3.05) is 32.8 Å². The number of benzene rings is 1. The average molecular weight is 1150 g/mol. The van der Waals surface area contributed by atoms with Crippen molar-refractivity contribution < 1.29 is 77.2 Å². The van der Waals surface area contributed by atoms with Gasteiger partial charge in [0.05, 0.1) is 12.7 Å². The van der Waals surface area contributed by atoms with Crippen LogP contribution in [-0.4, -0.2) is 180 Å². The van der Waals surface area contributed by atoms with Crippen molar-refractivity contribution in [1.29, 1.82) is 0 Å². The molecule has 11 amide bonds. The monoisotopic (exact) mass is 1150 g/mol. The van der Waals surface area contributed by atoms with Crippen molar-refractivity contribution >= 4 is 65.5 Å². The second-order valence-corrected chi connectivity index (χ2v) is 22.9. The number of aliphatic hydroxyl groups excluding tert-OH is 2. The van der Waals surface area contributed by atoms with Crippen LogP contribution in [-0.2, 0) is 59.0 Å². The topological polar surface area (TPSA) is 414 Å². The third-order valence-electron chi connectivity index (χ3n) is 11.4. The number of hydrogen-bond acceptors (Lipinski definition) is 17. The van der Waals surface area contributed by atoms with Gasteiger partial charge in [0.1, 0.15) is 65.1 Å². The molecule has 0 aromatic heterocycles. The Labute approximate surface area is 473 Å². The normalized spacial score (nSPS) is 22.3. The highest BCUT2D eigenvalue weighted by atomic mass is 16.6. The number of carbonyl (C=O) groups excluding carboxylic acids is 11. The first kappa shape index (κ1) is 69.8. The van der Waals surface area contributed by atoms with Crippen molar-refractivity contribution in [2.45, 2.75) is 193 Å². The number of carbonyl (C=O) groups is 11. The van der Waals surface area contributed by atoms with Crippen molar-refractivity contribution in [3.8, 4) is 0 Å². The first-order valence-electron chi connectivity index (χ1n) is 27.0. The van der Waals surface area contributed by atoms with Crippen LogP contribution in [0.5, 0.6) is 0 Å². The minimum absolute atomic E-state index is 0.0414. The molecule has 1 aromatic carbocycles. The summed E-state index contributed by atoms with van der Waals surface area (Å²) in [6.07, 6.45) is -5.94. The lowest BCUT2D eigenvalue weighted by atomic mass is 10.00. The van der Waals surface area contributed by atoms with E-state index in [0.717, 1.165) is 0 Å². The molecule has 0 unspecified atom stereocenters. The van der Waals surface area contributed by atoms with Gasteiger partial charge in [0.2, 0.25) is 47.3 Å². The molecule has 456 valence electrons. The van der Waals surface area contributed by atoms with Gasteiger partial charge in [0.25, 0.3) is 0 Å². The zero-order valence-corrected chi connectivity index (χ0v) is 48.6. The van der Waals surface area contributed by atoms with E-state index in [1.165, 1.54) is 6.92 Å². The lowest BCUT2D eigenvalue weighted by molar-refractivity contribution is -0.136. The summed E-state index contributed by atoms with van der Waals surface area (Å²) in [4.78, 5) is 152. The van der Waals surface area contributed by atoms with Crippen LogP contribution in [0.15, 0.2) is 30.3 Å². The molecule has 0 spiro atoms. The van der Waals surface area contributed by atoms with Crippen molar-refractivity contribution in [1.82, 2.24) is 58.5 Å². The minimum Gasteiger partial charge on any atom is -0.444 e. The second kappa shape index (κ2) is 32.8. The van der Waals surface area contributed by atoms with Crippen molar-refractivity contribution in [3.05, 3.63) is 35.9 Å². The Morgan fingerprint density at radius 3 is 1.37 bits per heavy atom. The largest absolute Gasteiger partial charge is 0.444 e. The fourth-order valence-corrected chi connectivity index (χ4v) is 7.57. The highest BCUT2D eigenvalue weighted by Gasteiger charge is 2.36. The molecule has 0 aliphatic carbocycles. The van der Waals surface area contributed by atoms with Gasteiger partial charge in [-0.1, -0.05) is 44.2 Å². The van der Waals surface area contributed by atoms with E-state index in [4.69, 9.17) is 19.9 Å². The molecule has 0 saturated carbocycles. The van der Waals surface area contributed by atoms with Crippen LogP contribution in [0.1, 0.15) is 121 Å². The number of amides is 11. The van der Waals surface area contributed by atoms with Crippen LogP contribution in [0.25, 0.3) is 0 Å². The van der Waals surface area contributed by atoms with Crippen LogP contribution in [0, 0.1) is 5.92 Å². The van der Waals surface area contributed by atoms with Crippen LogP contribution in [0.3, 0.4) is 0 Å². The number of hydrogen-bond donors (Lipinski definition) is 14.